The SMILES string of the molecule is O=C(O)CNC(=O)C(=O)N1CCC(CC(=O)N2CCC([C@@H]3c4c(Br)cc(Cl)cc4CCC4=CC(Br)=CNC43)CC2)CC1. The van der Waals surface area contributed by atoms with Gasteiger partial charge in [-0.1, -0.05) is 27.5 Å². The number of rotatable bonds is 5. The van der Waals surface area contributed by atoms with Gasteiger partial charge in [-0.25, -0.2) is 0 Å². The van der Waals surface area contributed by atoms with Crippen LogP contribution in [-0.2, 0) is 25.6 Å². The number of carboxylic acids is 1. The molecule has 12 heteroatoms. The number of nitrogens with zero attached hydrogens (tertiary/aromatic N) is 2. The van der Waals surface area contributed by atoms with Crippen LogP contribution in [0, 0.1) is 11.8 Å². The third-order valence-electron chi connectivity index (χ3n) is 9.04. The number of allylic oxidation sites excluding steroid dienone is 2. The maximum absolute atomic E-state index is 13.3. The van der Waals surface area contributed by atoms with Crippen LogP contribution in [0.2, 0.25) is 5.02 Å². The highest BCUT2D eigenvalue weighted by Gasteiger charge is 2.40. The fourth-order valence-electron chi connectivity index (χ4n) is 6.92. The number of carboxylic acid groups (broad SMARTS) is 1. The smallest absolute Gasteiger partial charge is 0.322 e. The first-order valence-corrected chi connectivity index (χ1v) is 16.4. The molecule has 1 aromatic rings. The molecule has 226 valence electrons. The quantitative estimate of drug-likeness (QED) is 0.389. The van der Waals surface area contributed by atoms with Gasteiger partial charge >= 0.3 is 17.8 Å². The van der Waals surface area contributed by atoms with Crippen LogP contribution in [0.1, 0.15) is 55.6 Å². The van der Waals surface area contributed by atoms with E-state index < -0.39 is 24.3 Å². The van der Waals surface area contributed by atoms with Gasteiger partial charge in [0.2, 0.25) is 5.91 Å². The Labute approximate surface area is 267 Å². The standard InChI is InChI=1S/C30H35Br2ClN4O5/c31-21-12-20-2-1-19-13-22(33)14-23(32)26(19)27(28(20)34-15-21)18-5-9-36(10-6-18)24(38)11-17-3-7-37(8-4-17)30(42)29(41)35-16-25(39)40/h12-15,17-18,27-28,34H,1-11,16H2,(H,35,41)(H,39,40)/t27-,28?/m1/s1. The lowest BCUT2D eigenvalue weighted by atomic mass is 9.73. The number of amides is 3. The predicted molar refractivity (Wildman–Crippen MR) is 166 cm³/mol. The second kappa shape index (κ2) is 13.5. The van der Waals surface area contributed by atoms with E-state index in [1.807, 2.05) is 17.2 Å². The van der Waals surface area contributed by atoms with Crippen molar-refractivity contribution in [2.24, 2.45) is 11.8 Å². The maximum Gasteiger partial charge on any atom is 0.322 e. The Morgan fingerprint density at radius 2 is 1.69 bits per heavy atom. The van der Waals surface area contributed by atoms with E-state index in [-0.39, 0.29) is 23.8 Å². The molecule has 0 saturated carbocycles. The van der Waals surface area contributed by atoms with Crippen LogP contribution in [0.5, 0.6) is 0 Å². The van der Waals surface area contributed by atoms with Crippen LogP contribution >= 0.6 is 43.5 Å². The highest BCUT2D eigenvalue weighted by Crippen LogP contribution is 2.47. The number of piperidine rings is 2. The number of carbonyl (C=O) groups excluding carboxylic acids is 3. The van der Waals surface area contributed by atoms with Gasteiger partial charge in [0, 0.05) is 58.7 Å². The van der Waals surface area contributed by atoms with Crippen LogP contribution < -0.4 is 10.6 Å². The molecule has 0 aromatic heterocycles. The monoisotopic (exact) mass is 724 g/mol. The highest BCUT2D eigenvalue weighted by molar-refractivity contribution is 9.12. The summed E-state index contributed by atoms with van der Waals surface area (Å²) in [5.41, 5.74) is 4.00. The largest absolute Gasteiger partial charge is 0.480 e. The molecular formula is C30H35Br2ClN4O5. The summed E-state index contributed by atoms with van der Waals surface area (Å²) in [7, 11) is 0. The average Bonchev–Trinajstić information content (AvgIpc) is 3.12. The fraction of sp³-hybridized carbons (Fsp3) is 0.533. The van der Waals surface area contributed by atoms with Gasteiger partial charge in [-0.3, -0.25) is 19.2 Å². The molecule has 0 bridgehead atoms. The third kappa shape index (κ3) is 7.05. The van der Waals surface area contributed by atoms with Crippen molar-refractivity contribution in [3.63, 3.8) is 0 Å². The molecule has 3 aliphatic heterocycles. The number of benzene rings is 1. The van der Waals surface area contributed by atoms with E-state index >= 15 is 0 Å². The van der Waals surface area contributed by atoms with Crippen molar-refractivity contribution in [1.82, 2.24) is 20.4 Å². The summed E-state index contributed by atoms with van der Waals surface area (Å²) in [5.74, 6) is -1.87. The molecular weight excluding hydrogens is 692 g/mol. The molecule has 1 unspecified atom stereocenters. The van der Waals surface area contributed by atoms with E-state index in [0.29, 0.717) is 51.4 Å². The molecule has 1 aromatic carbocycles. The van der Waals surface area contributed by atoms with Gasteiger partial charge in [0.1, 0.15) is 6.54 Å². The van der Waals surface area contributed by atoms with Crippen LogP contribution in [0.4, 0.5) is 0 Å². The minimum absolute atomic E-state index is 0.148. The van der Waals surface area contributed by atoms with Crippen molar-refractivity contribution in [3.05, 3.63) is 55.1 Å². The zero-order valence-electron chi connectivity index (χ0n) is 23.2. The first-order chi connectivity index (χ1) is 20.1. The third-order valence-corrected chi connectivity index (χ3v) is 10.4. The Balaban J connectivity index is 1.18. The zero-order chi connectivity index (χ0) is 30.0. The van der Waals surface area contributed by atoms with Gasteiger partial charge in [0.15, 0.2) is 0 Å². The number of aliphatic carboxylic acids is 1. The molecule has 42 heavy (non-hydrogen) atoms. The van der Waals surface area contributed by atoms with Crippen molar-refractivity contribution in [3.8, 4) is 0 Å². The Bertz CT molecular complexity index is 1320. The van der Waals surface area contributed by atoms with E-state index in [1.165, 1.54) is 21.6 Å². The molecule has 3 amide bonds. The molecule has 9 nitrogen and oxygen atoms in total. The van der Waals surface area contributed by atoms with Crippen molar-refractivity contribution in [2.45, 2.75) is 56.9 Å². The van der Waals surface area contributed by atoms with Crippen LogP contribution in [0.3, 0.4) is 0 Å². The second-order valence-corrected chi connectivity index (χ2v) is 13.8. The first-order valence-electron chi connectivity index (χ1n) is 14.5. The molecule has 2 saturated heterocycles. The number of hydrogen-bond donors (Lipinski definition) is 3. The lowest BCUT2D eigenvalue weighted by Crippen LogP contribution is -2.48. The summed E-state index contributed by atoms with van der Waals surface area (Å²) < 4.78 is 2.10. The van der Waals surface area contributed by atoms with Crippen LogP contribution in [-0.4, -0.2) is 77.4 Å². The minimum atomic E-state index is -1.20. The summed E-state index contributed by atoms with van der Waals surface area (Å²) in [6.07, 6.45) is 9.73. The molecule has 3 N–H and O–H groups in total. The Morgan fingerprint density at radius 3 is 2.38 bits per heavy atom. The second-order valence-electron chi connectivity index (χ2n) is 11.6. The highest BCUT2D eigenvalue weighted by atomic mass is 79.9. The lowest BCUT2D eigenvalue weighted by molar-refractivity contribution is -0.148. The average molecular weight is 727 g/mol. The van der Waals surface area contributed by atoms with Crippen molar-refractivity contribution >= 4 is 67.2 Å². The number of dihydropyridines is 1. The molecule has 4 aliphatic rings. The first kappa shape index (κ1) is 31.1. The molecule has 2 atom stereocenters. The minimum Gasteiger partial charge on any atom is -0.480 e. The Hall–Kier alpha value is -2.37. The van der Waals surface area contributed by atoms with Gasteiger partial charge in [0.25, 0.3) is 0 Å². The van der Waals surface area contributed by atoms with E-state index in [2.05, 4.69) is 54.6 Å². The van der Waals surface area contributed by atoms with E-state index in [4.69, 9.17) is 16.7 Å². The van der Waals surface area contributed by atoms with Gasteiger partial charge in [0.05, 0.1) is 6.04 Å². The molecule has 1 aliphatic carbocycles. The number of hydrogen-bond acceptors (Lipinski definition) is 5. The van der Waals surface area contributed by atoms with Gasteiger partial charge in [-0.05, 0) is 101 Å². The number of fused-ring (bicyclic) bond motifs is 2. The Morgan fingerprint density at radius 1 is 1.00 bits per heavy atom. The summed E-state index contributed by atoms with van der Waals surface area (Å²) >= 11 is 13.9. The number of aryl methyl sites for hydroxylation is 1. The summed E-state index contributed by atoms with van der Waals surface area (Å²) in [6, 6.07) is 4.29. The fourth-order valence-corrected chi connectivity index (χ4v) is 8.48. The van der Waals surface area contributed by atoms with Crippen molar-refractivity contribution in [2.75, 3.05) is 32.7 Å². The normalized spacial score (nSPS) is 23.0. The molecule has 2 fully saturated rings. The molecule has 5 rings (SSSR count). The lowest BCUT2D eigenvalue weighted by Gasteiger charge is -2.41. The number of likely N-dealkylation sites (tertiary alicyclic amines) is 2. The van der Waals surface area contributed by atoms with Crippen molar-refractivity contribution < 1.29 is 24.3 Å². The van der Waals surface area contributed by atoms with Crippen LogP contribution in [0.15, 0.2) is 38.9 Å². The molecule has 0 spiro atoms. The number of nitrogens with one attached hydrogen (secondary N) is 2. The van der Waals surface area contributed by atoms with Gasteiger partial charge < -0.3 is 25.5 Å². The predicted octanol–water partition coefficient (Wildman–Crippen LogP) is 4.33. The Kier molecular flexibility index (Phi) is 9.99. The maximum atomic E-state index is 13.3. The molecule has 0 radical (unpaired) electrons. The van der Waals surface area contributed by atoms with E-state index in [9.17, 15) is 19.2 Å². The van der Waals surface area contributed by atoms with Crippen molar-refractivity contribution in [1.29, 1.82) is 0 Å². The zero-order valence-corrected chi connectivity index (χ0v) is 27.1. The van der Waals surface area contributed by atoms with E-state index in [1.54, 1.807) is 0 Å². The number of carbonyl (C=O) groups is 4. The van der Waals surface area contributed by atoms with Gasteiger partial charge in [-0.15, -0.1) is 0 Å². The summed E-state index contributed by atoms with van der Waals surface area (Å²) in [4.78, 5) is 51.6. The van der Waals surface area contributed by atoms with Gasteiger partial charge in [-0.2, -0.15) is 0 Å². The summed E-state index contributed by atoms with van der Waals surface area (Å²) in [5, 5.41) is 15.2. The molecule has 3 heterocycles. The van der Waals surface area contributed by atoms with E-state index in [0.717, 1.165) is 39.7 Å². The number of halogens is 3. The van der Waals surface area contributed by atoms with Crippen LogP contribution in [0.25, 0.3) is 0 Å². The summed E-state index contributed by atoms with van der Waals surface area (Å²) in [6.45, 7) is 1.61. The topological polar surface area (TPSA) is 119 Å².